The Morgan fingerprint density at radius 2 is 2.21 bits per heavy atom. The molecule has 0 radical (unpaired) electrons. The van der Waals surface area contributed by atoms with Gasteiger partial charge in [-0.25, -0.2) is 0 Å². The fourth-order valence-electron chi connectivity index (χ4n) is 1.51. The van der Waals surface area contributed by atoms with Gasteiger partial charge in [-0.3, -0.25) is 9.59 Å². The van der Waals surface area contributed by atoms with Crippen LogP contribution in [0.3, 0.4) is 0 Å². The Balaban J connectivity index is 2.24. The zero-order chi connectivity index (χ0) is 10.3. The summed E-state index contributed by atoms with van der Waals surface area (Å²) in [5.74, 6) is -0.225. The first-order valence-electron chi connectivity index (χ1n) is 4.80. The summed E-state index contributed by atoms with van der Waals surface area (Å²) < 4.78 is 0. The number of hydrogen-bond donors (Lipinski definition) is 2. The molecule has 1 spiro atoms. The molecule has 0 saturated heterocycles. The van der Waals surface area contributed by atoms with Crippen LogP contribution in [0.4, 0.5) is 0 Å². The largest absolute Gasteiger partial charge is 0.321 e. The Morgan fingerprint density at radius 3 is 2.64 bits per heavy atom. The Hall–Kier alpha value is -1.23. The second-order valence-electron chi connectivity index (χ2n) is 3.85. The first-order valence-corrected chi connectivity index (χ1v) is 4.80. The summed E-state index contributed by atoms with van der Waals surface area (Å²) >= 11 is 0. The minimum atomic E-state index is -0.822. The van der Waals surface area contributed by atoms with Crippen LogP contribution in [0.2, 0.25) is 0 Å². The fraction of sp³-hybridized carbons (Fsp3) is 0.667. The Morgan fingerprint density at radius 1 is 1.57 bits per heavy atom. The number of rotatable bonds is 2. The van der Waals surface area contributed by atoms with Crippen molar-refractivity contribution < 1.29 is 9.59 Å². The topological polar surface area (TPSA) is 84.5 Å². The number of nitrogens with two attached hydrogens (primary N) is 1. The Labute approximate surface area is 81.8 Å². The molecule has 2 aliphatic rings. The first-order chi connectivity index (χ1) is 6.60. The van der Waals surface area contributed by atoms with Gasteiger partial charge in [0.05, 0.1) is 6.04 Å². The fourth-order valence-corrected chi connectivity index (χ4v) is 1.51. The molecular weight excluding hydrogens is 182 g/mol. The number of nitrogens with zero attached hydrogens (tertiary/aromatic N) is 1. The molecule has 0 aromatic rings. The summed E-state index contributed by atoms with van der Waals surface area (Å²) in [4.78, 5) is 26.9. The maximum Gasteiger partial charge on any atom is 0.263 e. The average Bonchev–Trinajstić information content (AvgIpc) is 2.94. The van der Waals surface area contributed by atoms with E-state index in [0.29, 0.717) is 25.1 Å². The highest BCUT2D eigenvalue weighted by molar-refractivity contribution is 6.21. The van der Waals surface area contributed by atoms with E-state index in [4.69, 9.17) is 5.73 Å². The van der Waals surface area contributed by atoms with Crippen LogP contribution in [0, 0.1) is 5.41 Å². The van der Waals surface area contributed by atoms with Gasteiger partial charge >= 0.3 is 0 Å². The van der Waals surface area contributed by atoms with Gasteiger partial charge in [-0.1, -0.05) is 6.92 Å². The molecule has 5 nitrogen and oxygen atoms in total. The van der Waals surface area contributed by atoms with Gasteiger partial charge < -0.3 is 11.1 Å². The van der Waals surface area contributed by atoms with Crippen LogP contribution < -0.4 is 11.1 Å². The van der Waals surface area contributed by atoms with Gasteiger partial charge in [0.25, 0.3) is 5.91 Å². The van der Waals surface area contributed by atoms with Crippen LogP contribution in [0.5, 0.6) is 0 Å². The van der Waals surface area contributed by atoms with Crippen LogP contribution in [0.15, 0.2) is 4.99 Å². The molecule has 0 bridgehead atoms. The lowest BCUT2D eigenvalue weighted by Gasteiger charge is -2.22. The zero-order valence-electron chi connectivity index (χ0n) is 8.04. The van der Waals surface area contributed by atoms with E-state index >= 15 is 0 Å². The molecule has 1 atom stereocenters. The molecule has 1 unspecified atom stereocenters. The molecule has 76 valence electrons. The van der Waals surface area contributed by atoms with Crippen molar-refractivity contribution in [3.8, 4) is 0 Å². The summed E-state index contributed by atoms with van der Waals surface area (Å²) in [6.45, 7) is 1.88. The second kappa shape index (κ2) is 2.88. The SMILES string of the molecule is CCC(N)C1=NC(=O)C2(CC2)C(=O)N1. The van der Waals surface area contributed by atoms with Crippen molar-refractivity contribution in [1.29, 1.82) is 0 Å². The van der Waals surface area contributed by atoms with E-state index in [-0.39, 0.29) is 17.9 Å². The standard InChI is InChI=1S/C9H13N3O2/c1-2-5(10)6-11-7(13)9(3-4-9)8(14)12-6/h5H,2-4,10H2,1H3,(H,11,12,13,14). The predicted octanol–water partition coefficient (Wildman–Crippen LogP) is -0.441. The summed E-state index contributed by atoms with van der Waals surface area (Å²) in [5, 5.41) is 2.62. The van der Waals surface area contributed by atoms with Crippen LogP contribution in [-0.2, 0) is 9.59 Å². The van der Waals surface area contributed by atoms with Gasteiger partial charge in [0, 0.05) is 0 Å². The van der Waals surface area contributed by atoms with Gasteiger partial charge in [0.2, 0.25) is 5.91 Å². The molecule has 0 aromatic heterocycles. The van der Waals surface area contributed by atoms with Gasteiger partial charge in [0.15, 0.2) is 0 Å². The smallest absolute Gasteiger partial charge is 0.263 e. The van der Waals surface area contributed by atoms with E-state index in [1.54, 1.807) is 0 Å². The molecule has 1 heterocycles. The van der Waals surface area contributed by atoms with Crippen molar-refractivity contribution in [1.82, 2.24) is 5.32 Å². The summed E-state index contributed by atoms with van der Waals surface area (Å²) in [6.07, 6.45) is 1.89. The third-order valence-corrected chi connectivity index (χ3v) is 2.85. The predicted molar refractivity (Wildman–Crippen MR) is 50.5 cm³/mol. The lowest BCUT2D eigenvalue weighted by atomic mass is 10.0. The number of carbonyl (C=O) groups excluding carboxylic acids is 2. The molecule has 5 heteroatoms. The Kier molecular flexibility index (Phi) is 1.92. The van der Waals surface area contributed by atoms with Crippen molar-refractivity contribution in [2.45, 2.75) is 32.2 Å². The van der Waals surface area contributed by atoms with Gasteiger partial charge in [-0.15, -0.1) is 0 Å². The maximum absolute atomic E-state index is 11.6. The van der Waals surface area contributed by atoms with Crippen LogP contribution in [0.1, 0.15) is 26.2 Å². The second-order valence-corrected chi connectivity index (χ2v) is 3.85. The number of nitrogens with one attached hydrogen (secondary N) is 1. The summed E-state index contributed by atoms with van der Waals surface area (Å²) in [6, 6.07) is -0.348. The van der Waals surface area contributed by atoms with Crippen molar-refractivity contribution in [2.75, 3.05) is 0 Å². The molecule has 1 aliphatic heterocycles. The summed E-state index contributed by atoms with van der Waals surface area (Å²) in [5.41, 5.74) is 4.86. The molecule has 14 heavy (non-hydrogen) atoms. The molecule has 2 rings (SSSR count). The van der Waals surface area contributed by atoms with Crippen LogP contribution >= 0.6 is 0 Å². The maximum atomic E-state index is 11.6. The zero-order valence-corrected chi connectivity index (χ0v) is 8.04. The van der Waals surface area contributed by atoms with Crippen LogP contribution in [0.25, 0.3) is 0 Å². The molecule has 2 amide bonds. The van der Waals surface area contributed by atoms with Crippen LogP contribution in [-0.4, -0.2) is 23.7 Å². The number of hydrogen-bond acceptors (Lipinski definition) is 3. The van der Waals surface area contributed by atoms with E-state index in [0.717, 1.165) is 0 Å². The van der Waals surface area contributed by atoms with Crippen molar-refractivity contribution in [3.63, 3.8) is 0 Å². The van der Waals surface area contributed by atoms with E-state index in [1.165, 1.54) is 0 Å². The average molecular weight is 195 g/mol. The number of carbonyl (C=O) groups is 2. The molecule has 1 fully saturated rings. The third-order valence-electron chi connectivity index (χ3n) is 2.85. The van der Waals surface area contributed by atoms with E-state index in [2.05, 4.69) is 10.3 Å². The normalized spacial score (nSPS) is 25.7. The van der Waals surface area contributed by atoms with Crippen molar-refractivity contribution >= 4 is 17.6 Å². The molecule has 0 aromatic carbocycles. The molecule has 1 aliphatic carbocycles. The van der Waals surface area contributed by atoms with Crippen molar-refractivity contribution in [3.05, 3.63) is 0 Å². The first kappa shape index (κ1) is 9.33. The lowest BCUT2D eigenvalue weighted by Crippen LogP contribution is -2.51. The molecule has 1 saturated carbocycles. The van der Waals surface area contributed by atoms with Crippen molar-refractivity contribution in [2.24, 2.45) is 16.1 Å². The number of aliphatic imine (C=N–C) groups is 1. The number of amides is 2. The third kappa shape index (κ3) is 1.16. The highest BCUT2D eigenvalue weighted by atomic mass is 16.2. The highest BCUT2D eigenvalue weighted by Crippen LogP contribution is 2.48. The lowest BCUT2D eigenvalue weighted by molar-refractivity contribution is -0.135. The van der Waals surface area contributed by atoms with E-state index in [1.807, 2.05) is 6.92 Å². The minimum absolute atomic E-state index is 0.226. The number of amidine groups is 1. The van der Waals surface area contributed by atoms with Gasteiger partial charge in [-0.05, 0) is 19.3 Å². The monoisotopic (exact) mass is 195 g/mol. The van der Waals surface area contributed by atoms with Gasteiger partial charge in [0.1, 0.15) is 11.3 Å². The van der Waals surface area contributed by atoms with Gasteiger partial charge in [-0.2, -0.15) is 4.99 Å². The molecular formula is C9H13N3O2. The van der Waals surface area contributed by atoms with E-state index < -0.39 is 5.41 Å². The van der Waals surface area contributed by atoms with E-state index in [9.17, 15) is 9.59 Å². The quantitative estimate of drug-likeness (QED) is 0.586. The summed E-state index contributed by atoms with van der Waals surface area (Å²) in [7, 11) is 0. The highest BCUT2D eigenvalue weighted by Gasteiger charge is 2.58. The minimum Gasteiger partial charge on any atom is -0.321 e. The Bertz CT molecular complexity index is 331. The molecule has 3 N–H and O–H groups in total.